The van der Waals surface area contributed by atoms with Gasteiger partial charge in [-0.15, -0.1) is 6.58 Å². The summed E-state index contributed by atoms with van der Waals surface area (Å²) >= 11 is 0. The van der Waals surface area contributed by atoms with E-state index in [0.717, 1.165) is 11.2 Å². The summed E-state index contributed by atoms with van der Waals surface area (Å²) in [6.07, 6.45) is 1.27. The highest BCUT2D eigenvalue weighted by Crippen LogP contribution is 2.01. The van der Waals surface area contributed by atoms with E-state index in [-0.39, 0.29) is 6.29 Å². The topological polar surface area (TPSA) is 47.9 Å². The van der Waals surface area contributed by atoms with Crippen molar-refractivity contribution in [2.24, 2.45) is 4.99 Å². The van der Waals surface area contributed by atoms with Gasteiger partial charge in [-0.1, -0.05) is 5.20 Å². The van der Waals surface area contributed by atoms with E-state index >= 15 is 0 Å². The van der Waals surface area contributed by atoms with Crippen molar-refractivity contribution in [1.82, 2.24) is 0 Å². The lowest BCUT2D eigenvalue weighted by molar-refractivity contribution is -0.0875. The Morgan fingerprint density at radius 2 is 2.23 bits per heavy atom. The van der Waals surface area contributed by atoms with Gasteiger partial charge < -0.3 is 9.47 Å². The smallest absolute Gasteiger partial charge is 0.235 e. The lowest BCUT2D eigenvalue weighted by Gasteiger charge is -2.12. The van der Waals surface area contributed by atoms with E-state index in [0.29, 0.717) is 16.1 Å². The van der Waals surface area contributed by atoms with Crippen molar-refractivity contribution in [2.45, 2.75) is 12.3 Å². The van der Waals surface area contributed by atoms with Crippen LogP contribution in [0, 0.1) is 0 Å². The van der Waals surface area contributed by atoms with Gasteiger partial charge in [0.1, 0.15) is 0 Å². The summed E-state index contributed by atoms with van der Waals surface area (Å²) in [6.45, 7) is 4.11. The largest absolute Gasteiger partial charge is 0.356 e. The Labute approximate surface area is 80.5 Å². The van der Waals surface area contributed by atoms with Crippen LogP contribution in [0.5, 0.6) is 0 Å². The van der Waals surface area contributed by atoms with Gasteiger partial charge in [-0.05, 0) is 6.04 Å². The Morgan fingerprint density at radius 3 is 2.69 bits per heavy atom. The molecule has 0 fully saturated rings. The fraction of sp³-hybridized carbons (Fsp3) is 0.625. The van der Waals surface area contributed by atoms with Gasteiger partial charge in [0.05, 0.1) is 16.1 Å². The van der Waals surface area contributed by atoms with Crippen molar-refractivity contribution in [3.8, 4) is 0 Å². The fourth-order valence-corrected chi connectivity index (χ4v) is 1.65. The molecule has 0 unspecified atom stereocenters. The average Bonchev–Trinajstić information content (AvgIpc) is 2.16. The van der Waals surface area contributed by atoms with E-state index in [9.17, 15) is 4.79 Å². The summed E-state index contributed by atoms with van der Waals surface area (Å²) in [5.41, 5.74) is 0. The van der Waals surface area contributed by atoms with Gasteiger partial charge in [-0.25, -0.2) is 9.79 Å². The second-order valence-electron chi connectivity index (χ2n) is 2.29. The van der Waals surface area contributed by atoms with Gasteiger partial charge in [0, 0.05) is 14.2 Å². The fourth-order valence-electron chi connectivity index (χ4n) is 0.674. The van der Waals surface area contributed by atoms with E-state index in [2.05, 4.69) is 11.6 Å². The van der Waals surface area contributed by atoms with Gasteiger partial charge in [0.15, 0.2) is 6.29 Å². The van der Waals surface area contributed by atoms with Crippen molar-refractivity contribution >= 4 is 15.6 Å². The molecule has 0 bridgehead atoms. The molecule has 2 radical (unpaired) electrons. The molecule has 5 heteroatoms. The molecule has 0 N–H and O–H groups in total. The summed E-state index contributed by atoms with van der Waals surface area (Å²) in [4.78, 5) is 13.2. The average molecular weight is 199 g/mol. The van der Waals surface area contributed by atoms with E-state index in [1.54, 1.807) is 14.2 Å². The lowest BCUT2D eigenvalue weighted by Crippen LogP contribution is -2.16. The molecule has 0 amide bonds. The Morgan fingerprint density at radius 1 is 1.62 bits per heavy atom. The molecule has 0 saturated heterocycles. The Balaban J connectivity index is 3.61. The molecule has 0 rings (SSSR count). The van der Waals surface area contributed by atoms with Gasteiger partial charge >= 0.3 is 0 Å². The van der Waals surface area contributed by atoms with Crippen LogP contribution in [-0.4, -0.2) is 42.7 Å². The summed E-state index contributed by atoms with van der Waals surface area (Å²) < 4.78 is 9.98. The van der Waals surface area contributed by atoms with Gasteiger partial charge in [-0.3, -0.25) is 0 Å². The number of methoxy groups -OCH3 is 2. The molecular formula is C8H13NO3Si. The third kappa shape index (κ3) is 6.42. The van der Waals surface area contributed by atoms with Crippen LogP contribution in [-0.2, 0) is 14.3 Å². The monoisotopic (exact) mass is 199 g/mol. The van der Waals surface area contributed by atoms with Crippen LogP contribution < -0.4 is 0 Å². The second-order valence-corrected chi connectivity index (χ2v) is 3.76. The predicted molar refractivity (Wildman–Crippen MR) is 50.5 cm³/mol. The highest BCUT2D eigenvalue weighted by Gasteiger charge is 2.06. The molecule has 0 aliphatic carbocycles. The number of ether oxygens (including phenoxy) is 2. The van der Waals surface area contributed by atoms with Gasteiger partial charge in [0.25, 0.3) is 0 Å². The van der Waals surface area contributed by atoms with Crippen LogP contribution in [0.2, 0.25) is 6.04 Å². The molecule has 0 heterocycles. The SMILES string of the molecule is C=C(CN=C=O)[Si]CC(OC)OC. The third-order valence-corrected chi connectivity index (χ3v) is 2.57. The van der Waals surface area contributed by atoms with Crippen LogP contribution >= 0.6 is 0 Å². The van der Waals surface area contributed by atoms with Crippen LogP contribution in [0.3, 0.4) is 0 Å². The third-order valence-electron chi connectivity index (χ3n) is 1.38. The molecule has 4 nitrogen and oxygen atoms in total. The van der Waals surface area contributed by atoms with Crippen molar-refractivity contribution in [2.75, 3.05) is 20.8 Å². The Kier molecular flexibility index (Phi) is 7.43. The molecule has 72 valence electrons. The molecule has 0 aromatic heterocycles. The van der Waals surface area contributed by atoms with Crippen LogP contribution in [0.25, 0.3) is 0 Å². The van der Waals surface area contributed by atoms with Crippen molar-refractivity contribution in [1.29, 1.82) is 0 Å². The van der Waals surface area contributed by atoms with Crippen LogP contribution in [0.15, 0.2) is 16.8 Å². The minimum absolute atomic E-state index is 0.199. The Hall–Kier alpha value is -0.743. The second kappa shape index (κ2) is 7.88. The zero-order chi connectivity index (χ0) is 10.1. The predicted octanol–water partition coefficient (Wildman–Crippen LogP) is 0.577. The minimum Gasteiger partial charge on any atom is -0.356 e. The normalized spacial score (nSPS) is 9.77. The maximum atomic E-state index is 9.78. The first-order chi connectivity index (χ1) is 6.24. The first-order valence-corrected chi connectivity index (χ1v) is 4.96. The number of hydrogen-bond donors (Lipinski definition) is 0. The molecule has 0 aliphatic rings. The number of isocyanates is 1. The van der Waals surface area contributed by atoms with E-state index < -0.39 is 0 Å². The molecule has 0 aromatic carbocycles. The highest BCUT2D eigenvalue weighted by atomic mass is 28.2. The van der Waals surface area contributed by atoms with E-state index in [1.807, 2.05) is 0 Å². The van der Waals surface area contributed by atoms with Crippen molar-refractivity contribution < 1.29 is 14.3 Å². The summed E-state index contributed by atoms with van der Waals surface area (Å²) in [5, 5.41) is 0.905. The van der Waals surface area contributed by atoms with Crippen molar-refractivity contribution in [3.63, 3.8) is 0 Å². The zero-order valence-electron chi connectivity index (χ0n) is 7.87. The molecule has 13 heavy (non-hydrogen) atoms. The first kappa shape index (κ1) is 12.3. The maximum absolute atomic E-state index is 9.78. The van der Waals surface area contributed by atoms with Crippen LogP contribution in [0.4, 0.5) is 0 Å². The summed E-state index contributed by atoms with van der Waals surface area (Å²) in [6, 6.07) is 0.750. The van der Waals surface area contributed by atoms with E-state index in [4.69, 9.17) is 9.47 Å². The minimum atomic E-state index is -0.199. The molecule has 0 aliphatic heterocycles. The first-order valence-electron chi connectivity index (χ1n) is 3.75. The summed E-state index contributed by atoms with van der Waals surface area (Å²) in [5.74, 6) is 0. The summed E-state index contributed by atoms with van der Waals surface area (Å²) in [7, 11) is 3.67. The maximum Gasteiger partial charge on any atom is 0.235 e. The molecule has 0 atom stereocenters. The number of hydrogen-bond acceptors (Lipinski definition) is 4. The number of aliphatic imine (C=N–C) groups is 1. The number of nitrogens with zero attached hydrogens (tertiary/aromatic N) is 1. The van der Waals surface area contributed by atoms with Crippen molar-refractivity contribution in [3.05, 3.63) is 11.8 Å². The molecule has 0 aromatic rings. The number of rotatable bonds is 7. The lowest BCUT2D eigenvalue weighted by atomic mass is 10.6. The quantitative estimate of drug-likeness (QED) is 0.261. The Bertz CT molecular complexity index is 198. The molecule has 0 spiro atoms. The van der Waals surface area contributed by atoms with Gasteiger partial charge in [0.2, 0.25) is 6.08 Å². The zero-order valence-corrected chi connectivity index (χ0v) is 8.87. The molecular weight excluding hydrogens is 186 g/mol. The van der Waals surface area contributed by atoms with Crippen LogP contribution in [0.1, 0.15) is 0 Å². The molecule has 0 saturated carbocycles. The number of carbonyl (C=O) groups excluding carboxylic acids is 1. The highest BCUT2D eigenvalue weighted by molar-refractivity contribution is 6.45. The van der Waals surface area contributed by atoms with E-state index in [1.165, 1.54) is 6.08 Å². The standard InChI is InChI=1S/C8H13NO3Si/c1-7(4-9-6-10)13-5-8(11-2)12-3/h8H,1,4-5H2,2-3H3. The van der Waals surface area contributed by atoms with Gasteiger partial charge in [-0.2, -0.15) is 0 Å².